The molecule has 5 aliphatic rings. The van der Waals surface area contributed by atoms with Gasteiger partial charge in [0.2, 0.25) is 0 Å². The first kappa shape index (κ1) is 33.1. The van der Waals surface area contributed by atoms with Crippen LogP contribution in [0.5, 0.6) is 0 Å². The topological polar surface area (TPSA) is 3.24 Å². The summed E-state index contributed by atoms with van der Waals surface area (Å²) >= 11 is 3.87. The summed E-state index contributed by atoms with van der Waals surface area (Å²) in [5.74, 6) is 3.22. The number of nitrogens with zero attached hydrogens (tertiary/aromatic N) is 1. The van der Waals surface area contributed by atoms with Crippen LogP contribution in [-0.4, -0.2) is 0 Å². The molecular weight excluding hydrogens is 727 g/mol. The van der Waals surface area contributed by atoms with Crippen molar-refractivity contribution >= 4 is 90.9 Å². The number of hydrogen-bond acceptors (Lipinski definition) is 3. The first-order valence-electron chi connectivity index (χ1n) is 21.2. The lowest BCUT2D eigenvalue weighted by Gasteiger charge is -2.61. The summed E-state index contributed by atoms with van der Waals surface area (Å²) in [6.45, 7) is 7.25. The number of thiophene rings is 2. The number of fused-ring (bicyclic) bond motifs is 11. The van der Waals surface area contributed by atoms with Gasteiger partial charge in [0.1, 0.15) is 0 Å². The van der Waals surface area contributed by atoms with E-state index in [9.17, 15) is 0 Å². The summed E-state index contributed by atoms with van der Waals surface area (Å²) in [4.78, 5) is 2.67. The Kier molecular flexibility index (Phi) is 6.72. The molecule has 14 rings (SSSR count). The van der Waals surface area contributed by atoms with Crippen LogP contribution in [0, 0.1) is 23.7 Å². The molecule has 2 heterocycles. The number of anilines is 3. The molecule has 57 heavy (non-hydrogen) atoms. The average Bonchev–Trinajstić information content (AvgIpc) is 3.89. The molecule has 5 aliphatic carbocycles. The summed E-state index contributed by atoms with van der Waals surface area (Å²) in [5.41, 5.74) is 11.8. The molecule has 7 aromatic carbocycles. The number of benzene rings is 7. The molecule has 1 spiro atoms. The Balaban J connectivity index is 1.13. The van der Waals surface area contributed by atoms with Crippen LogP contribution in [0.15, 0.2) is 133 Å². The minimum Gasteiger partial charge on any atom is -0.308 e. The van der Waals surface area contributed by atoms with Crippen molar-refractivity contribution in [2.24, 2.45) is 23.7 Å². The van der Waals surface area contributed by atoms with Crippen molar-refractivity contribution in [2.75, 3.05) is 4.90 Å². The molecule has 9 aromatic rings. The van der Waals surface area contributed by atoms with Gasteiger partial charge in [-0.05, 0) is 142 Å². The number of hydrogen-bond donors (Lipinski definition) is 0. The van der Waals surface area contributed by atoms with E-state index in [4.69, 9.17) is 0 Å². The van der Waals surface area contributed by atoms with Gasteiger partial charge in [-0.2, -0.15) is 0 Å². The monoisotopic (exact) mass is 771 g/mol. The highest BCUT2D eigenvalue weighted by Crippen LogP contribution is 2.70. The zero-order valence-electron chi connectivity index (χ0n) is 32.8. The smallest absolute Gasteiger partial charge is 0.0640 e. The predicted molar refractivity (Wildman–Crippen MR) is 246 cm³/mol. The third-order valence-electron chi connectivity index (χ3n) is 14.9. The second-order valence-electron chi connectivity index (χ2n) is 18.9. The Hall–Kier alpha value is -4.96. The van der Waals surface area contributed by atoms with E-state index < -0.39 is 0 Å². The van der Waals surface area contributed by atoms with Crippen molar-refractivity contribution in [2.45, 2.75) is 63.7 Å². The van der Waals surface area contributed by atoms with Crippen LogP contribution in [0.3, 0.4) is 0 Å². The Morgan fingerprint density at radius 2 is 1.23 bits per heavy atom. The fraction of sp³-hybridized carbons (Fsp3) is 0.259. The molecule has 0 aliphatic heterocycles. The molecule has 4 fully saturated rings. The SMILES string of the molecule is CC(C)(C)c1cccc2c1-c1ccc(N(c3cccc4c3sc3ccc5ccccc5c34)c3cccc4sc5ccccc5c34)cc1C21C2CC3CC(C2)CC1C3. The van der Waals surface area contributed by atoms with Gasteiger partial charge in [0, 0.05) is 46.7 Å². The Morgan fingerprint density at radius 3 is 2.05 bits per heavy atom. The van der Waals surface area contributed by atoms with E-state index in [1.807, 2.05) is 22.7 Å². The lowest BCUT2D eigenvalue weighted by atomic mass is 9.43. The predicted octanol–water partition coefficient (Wildman–Crippen LogP) is 16.1. The molecule has 2 aromatic heterocycles. The molecule has 4 bridgehead atoms. The van der Waals surface area contributed by atoms with E-state index in [1.165, 1.54) is 111 Å². The second kappa shape index (κ2) is 11.6. The van der Waals surface area contributed by atoms with Gasteiger partial charge in [-0.1, -0.05) is 112 Å². The minimum atomic E-state index is 0.0570. The zero-order chi connectivity index (χ0) is 37.8. The standard InChI is InChI=1S/C54H45NS2/c1-53(2,3)41-15-9-16-42-50(41)38-23-22-36(30-43(38)54(42)34-26-31-25-32(28-34)29-35(54)27-31)55(44-17-10-20-47-51(44)39-13-6-7-19-46(39)56-47)45-18-8-14-40-49-37-12-5-4-11-33(37)21-24-48(49)57-52(40)45/h4-24,30-32,34-35H,25-29H2,1-3H3. The maximum absolute atomic E-state index is 2.71. The van der Waals surface area contributed by atoms with E-state index in [-0.39, 0.29) is 10.8 Å². The highest BCUT2D eigenvalue weighted by atomic mass is 32.1. The largest absolute Gasteiger partial charge is 0.308 e. The van der Waals surface area contributed by atoms with Crippen LogP contribution in [0.2, 0.25) is 0 Å². The highest BCUT2D eigenvalue weighted by Gasteiger charge is 2.62. The molecule has 3 heteroatoms. The first-order chi connectivity index (χ1) is 27.9. The van der Waals surface area contributed by atoms with Crippen molar-refractivity contribution in [3.05, 3.63) is 150 Å². The van der Waals surface area contributed by atoms with Gasteiger partial charge in [0.05, 0.1) is 16.1 Å². The lowest BCUT2D eigenvalue weighted by molar-refractivity contribution is -0.0399. The van der Waals surface area contributed by atoms with Crippen LogP contribution in [0.1, 0.15) is 69.6 Å². The van der Waals surface area contributed by atoms with Gasteiger partial charge >= 0.3 is 0 Å². The molecule has 0 N–H and O–H groups in total. The fourth-order valence-electron chi connectivity index (χ4n) is 13.1. The van der Waals surface area contributed by atoms with E-state index in [0.29, 0.717) is 11.8 Å². The Bertz CT molecular complexity index is 3120. The molecule has 0 amide bonds. The molecule has 0 radical (unpaired) electrons. The normalized spacial score (nSPS) is 23.4. The van der Waals surface area contributed by atoms with Gasteiger partial charge in [-0.3, -0.25) is 0 Å². The highest BCUT2D eigenvalue weighted by molar-refractivity contribution is 7.26. The van der Waals surface area contributed by atoms with E-state index >= 15 is 0 Å². The molecule has 0 unspecified atom stereocenters. The molecule has 1 nitrogen and oxygen atoms in total. The maximum Gasteiger partial charge on any atom is 0.0640 e. The first-order valence-corrected chi connectivity index (χ1v) is 22.8. The second-order valence-corrected chi connectivity index (χ2v) is 21.0. The van der Waals surface area contributed by atoms with Crippen LogP contribution >= 0.6 is 22.7 Å². The molecular formula is C54H45NS2. The molecule has 0 atom stereocenters. The van der Waals surface area contributed by atoms with Crippen LogP contribution in [0.25, 0.3) is 62.2 Å². The van der Waals surface area contributed by atoms with Gasteiger partial charge in [0.25, 0.3) is 0 Å². The Morgan fingerprint density at radius 1 is 0.544 bits per heavy atom. The lowest BCUT2D eigenvalue weighted by Crippen LogP contribution is -2.55. The van der Waals surface area contributed by atoms with Crippen LogP contribution in [0.4, 0.5) is 17.1 Å². The van der Waals surface area contributed by atoms with Crippen molar-refractivity contribution in [1.29, 1.82) is 0 Å². The van der Waals surface area contributed by atoms with Gasteiger partial charge in [0.15, 0.2) is 0 Å². The molecule has 278 valence electrons. The molecule has 4 saturated carbocycles. The van der Waals surface area contributed by atoms with Gasteiger partial charge < -0.3 is 4.90 Å². The van der Waals surface area contributed by atoms with E-state index in [0.717, 1.165) is 11.8 Å². The average molecular weight is 772 g/mol. The third-order valence-corrected chi connectivity index (χ3v) is 17.3. The summed E-state index contributed by atoms with van der Waals surface area (Å²) < 4.78 is 5.39. The van der Waals surface area contributed by atoms with Crippen molar-refractivity contribution < 1.29 is 0 Å². The summed E-state index contributed by atoms with van der Waals surface area (Å²) in [7, 11) is 0. The van der Waals surface area contributed by atoms with Crippen molar-refractivity contribution in [1.82, 2.24) is 0 Å². The van der Waals surface area contributed by atoms with E-state index in [1.54, 1.807) is 16.7 Å². The van der Waals surface area contributed by atoms with Crippen LogP contribution in [-0.2, 0) is 10.8 Å². The maximum atomic E-state index is 2.71. The van der Waals surface area contributed by atoms with E-state index in [2.05, 4.69) is 159 Å². The minimum absolute atomic E-state index is 0.0570. The third kappa shape index (κ3) is 4.40. The van der Waals surface area contributed by atoms with Gasteiger partial charge in [-0.25, -0.2) is 0 Å². The van der Waals surface area contributed by atoms with Gasteiger partial charge in [-0.15, -0.1) is 22.7 Å². The quantitative estimate of drug-likeness (QED) is 0.173. The fourth-order valence-corrected chi connectivity index (χ4v) is 15.4. The van der Waals surface area contributed by atoms with Crippen molar-refractivity contribution in [3.63, 3.8) is 0 Å². The summed E-state index contributed by atoms with van der Waals surface area (Å²) in [5, 5.41) is 8.05. The zero-order valence-corrected chi connectivity index (χ0v) is 34.4. The summed E-state index contributed by atoms with van der Waals surface area (Å²) in [6.07, 6.45) is 7.00. The Labute approximate surface area is 342 Å². The summed E-state index contributed by atoms with van der Waals surface area (Å²) in [6, 6.07) is 51.8. The van der Waals surface area contributed by atoms with Crippen LogP contribution < -0.4 is 4.90 Å². The molecule has 0 saturated heterocycles. The number of rotatable bonds is 3. The van der Waals surface area contributed by atoms with Crippen molar-refractivity contribution in [3.8, 4) is 11.1 Å².